The Morgan fingerprint density at radius 2 is 0.895 bits per heavy atom. The fraction of sp³-hybridized carbons (Fsp3) is 0. The number of rotatable bonds is 2. The first kappa shape index (κ1) is 43.1. The quantitative estimate of drug-likeness (QED) is 0.508. The zero-order valence-corrected chi connectivity index (χ0v) is 9.02. The molecule has 0 heterocycles. The van der Waals surface area contributed by atoms with Crippen molar-refractivity contribution in [2.24, 2.45) is 0 Å². The molecule has 14 N–H and O–H groups in total. The maximum absolute atomic E-state index is 10.5. The zero-order chi connectivity index (χ0) is 9.14. The van der Waals surface area contributed by atoms with E-state index in [-0.39, 0.29) is 67.0 Å². The second-order valence-corrected chi connectivity index (χ2v) is 2.16. The fourth-order valence-corrected chi connectivity index (χ4v) is 0.856. The Morgan fingerprint density at radius 3 is 1.05 bits per heavy atom. The third kappa shape index (κ3) is 11.5. The highest BCUT2D eigenvalue weighted by Gasteiger charge is 2.13. The van der Waals surface area contributed by atoms with E-state index in [1.165, 1.54) is 24.3 Å². The van der Waals surface area contributed by atoms with Crippen molar-refractivity contribution in [1.29, 1.82) is 0 Å². The van der Waals surface area contributed by atoms with E-state index in [4.69, 9.17) is 10.2 Å². The summed E-state index contributed by atoms with van der Waals surface area (Å²) in [5.74, 6) is -2.46. The van der Waals surface area contributed by atoms with Gasteiger partial charge < -0.3 is 43.1 Å². The SMILES string of the molecule is O.O.O.O.O.O.O=C(O)c1ccccc1C(=O)O.[MgH2]. The molecule has 0 saturated carbocycles. The molecule has 0 aliphatic rings. The van der Waals surface area contributed by atoms with Gasteiger partial charge in [-0.25, -0.2) is 9.59 Å². The first-order chi connectivity index (χ1) is 5.63. The molecule has 1 rings (SSSR count). The first-order valence-electron chi connectivity index (χ1n) is 3.18. The molecule has 0 atom stereocenters. The highest BCUT2D eigenvalue weighted by molar-refractivity contribution is 6.01. The lowest BCUT2D eigenvalue weighted by Crippen LogP contribution is -2.06. The van der Waals surface area contributed by atoms with Crippen LogP contribution in [0.3, 0.4) is 0 Å². The van der Waals surface area contributed by atoms with Crippen LogP contribution in [0.5, 0.6) is 0 Å². The number of benzene rings is 1. The topological polar surface area (TPSA) is 264 Å². The van der Waals surface area contributed by atoms with Crippen molar-refractivity contribution in [2.45, 2.75) is 0 Å². The second-order valence-electron chi connectivity index (χ2n) is 2.16. The second kappa shape index (κ2) is 19.0. The van der Waals surface area contributed by atoms with Gasteiger partial charge in [-0.05, 0) is 12.1 Å². The minimum absolute atomic E-state index is 0. The molecule has 11 heteroatoms. The van der Waals surface area contributed by atoms with E-state index in [2.05, 4.69) is 0 Å². The summed E-state index contributed by atoms with van der Waals surface area (Å²) in [6.07, 6.45) is 0. The summed E-state index contributed by atoms with van der Waals surface area (Å²) in [5, 5.41) is 17.1. The maximum atomic E-state index is 10.5. The zero-order valence-electron chi connectivity index (χ0n) is 9.02. The lowest BCUT2D eigenvalue weighted by Gasteiger charge is -1.98. The van der Waals surface area contributed by atoms with Crippen molar-refractivity contribution >= 4 is 35.0 Å². The molecule has 0 aliphatic carbocycles. The molecule has 1 aromatic carbocycles. The molecule has 0 saturated heterocycles. The lowest BCUT2D eigenvalue weighted by atomic mass is 10.1. The summed E-state index contributed by atoms with van der Waals surface area (Å²) in [7, 11) is 0. The normalized spacial score (nSPS) is 5.89. The van der Waals surface area contributed by atoms with Gasteiger partial charge in [-0.15, -0.1) is 0 Å². The first-order valence-corrected chi connectivity index (χ1v) is 3.18. The highest BCUT2D eigenvalue weighted by Crippen LogP contribution is 2.07. The number of hydrogen-bond acceptors (Lipinski definition) is 2. The molecule has 0 aliphatic heterocycles. The smallest absolute Gasteiger partial charge is 0.336 e. The van der Waals surface area contributed by atoms with Gasteiger partial charge in [0.1, 0.15) is 0 Å². The molecule has 0 aromatic heterocycles. The van der Waals surface area contributed by atoms with Gasteiger partial charge >= 0.3 is 35.0 Å². The maximum Gasteiger partial charge on any atom is 0.336 e. The van der Waals surface area contributed by atoms with Crippen molar-refractivity contribution in [2.75, 3.05) is 0 Å². The van der Waals surface area contributed by atoms with Gasteiger partial charge in [-0.1, -0.05) is 12.1 Å². The van der Waals surface area contributed by atoms with Gasteiger partial charge in [0, 0.05) is 0 Å². The van der Waals surface area contributed by atoms with Gasteiger partial charge in [-0.2, -0.15) is 0 Å². The third-order valence-corrected chi connectivity index (χ3v) is 1.39. The summed E-state index contributed by atoms with van der Waals surface area (Å²) in [6.45, 7) is 0. The molecular formula is C8H20MgO10. The fourth-order valence-electron chi connectivity index (χ4n) is 0.856. The van der Waals surface area contributed by atoms with Crippen LogP contribution in [-0.2, 0) is 0 Å². The van der Waals surface area contributed by atoms with Crippen LogP contribution in [0.15, 0.2) is 24.3 Å². The van der Waals surface area contributed by atoms with Gasteiger partial charge in [-0.3, -0.25) is 0 Å². The van der Waals surface area contributed by atoms with Crippen LogP contribution in [0.4, 0.5) is 0 Å². The predicted octanol–water partition coefficient (Wildman–Crippen LogP) is -4.78. The van der Waals surface area contributed by atoms with Gasteiger partial charge in [0.15, 0.2) is 0 Å². The van der Waals surface area contributed by atoms with Crippen LogP contribution in [-0.4, -0.2) is 78.1 Å². The van der Waals surface area contributed by atoms with Crippen molar-refractivity contribution in [3.63, 3.8) is 0 Å². The summed E-state index contributed by atoms with van der Waals surface area (Å²) in [4.78, 5) is 20.9. The van der Waals surface area contributed by atoms with Gasteiger partial charge in [0.05, 0.1) is 11.1 Å². The molecule has 0 radical (unpaired) electrons. The van der Waals surface area contributed by atoms with Crippen LogP contribution < -0.4 is 0 Å². The molecule has 0 amide bonds. The standard InChI is InChI=1S/C8H6O4.Mg.6H2O.2H/c9-7(10)5-3-1-2-4-6(5)8(11)12;;;;;;;;;/h1-4H,(H,9,10)(H,11,12);;6*1H2;;. The van der Waals surface area contributed by atoms with Crippen molar-refractivity contribution in [1.82, 2.24) is 0 Å². The number of carbonyl (C=O) groups is 2. The van der Waals surface area contributed by atoms with E-state index in [0.717, 1.165) is 0 Å². The summed E-state index contributed by atoms with van der Waals surface area (Å²) in [6, 6.07) is 5.48. The summed E-state index contributed by atoms with van der Waals surface area (Å²) in [5.41, 5.74) is -0.380. The monoisotopic (exact) mass is 300 g/mol. The molecule has 1 aromatic rings. The molecular weight excluding hydrogens is 280 g/mol. The molecule has 10 nitrogen and oxygen atoms in total. The van der Waals surface area contributed by atoms with E-state index >= 15 is 0 Å². The Bertz CT molecular complexity index is 309. The van der Waals surface area contributed by atoms with Crippen LogP contribution in [0, 0.1) is 0 Å². The number of aromatic carboxylic acids is 2. The third-order valence-electron chi connectivity index (χ3n) is 1.39. The van der Waals surface area contributed by atoms with Gasteiger partial charge in [0.2, 0.25) is 0 Å². The van der Waals surface area contributed by atoms with Crippen LogP contribution in [0.25, 0.3) is 0 Å². The molecule has 0 spiro atoms. The Labute approximate surface area is 123 Å². The molecule has 0 bridgehead atoms. The van der Waals surface area contributed by atoms with E-state index in [9.17, 15) is 9.59 Å². The van der Waals surface area contributed by atoms with E-state index in [1.54, 1.807) is 0 Å². The number of carboxylic acid groups (broad SMARTS) is 2. The Kier molecular flexibility index (Phi) is 43.2. The number of carboxylic acids is 2. The average molecular weight is 301 g/mol. The van der Waals surface area contributed by atoms with Crippen molar-refractivity contribution < 1.29 is 52.7 Å². The predicted molar refractivity (Wildman–Crippen MR) is 70.6 cm³/mol. The number of hydrogen-bond donors (Lipinski definition) is 2. The largest absolute Gasteiger partial charge is 0.478 e. The minimum atomic E-state index is -1.23. The molecule has 19 heavy (non-hydrogen) atoms. The summed E-state index contributed by atoms with van der Waals surface area (Å²) >= 11 is 0. The lowest BCUT2D eigenvalue weighted by molar-refractivity contribution is 0.0651. The van der Waals surface area contributed by atoms with Crippen LogP contribution in [0.2, 0.25) is 0 Å². The van der Waals surface area contributed by atoms with Crippen LogP contribution in [0.1, 0.15) is 20.7 Å². The minimum Gasteiger partial charge on any atom is -0.478 e. The highest BCUT2D eigenvalue weighted by atomic mass is 24.3. The Hall–Kier alpha value is -1.31. The van der Waals surface area contributed by atoms with E-state index in [0.29, 0.717) is 0 Å². The van der Waals surface area contributed by atoms with E-state index < -0.39 is 11.9 Å². The molecule has 0 unspecified atom stereocenters. The van der Waals surface area contributed by atoms with Gasteiger partial charge in [0.25, 0.3) is 0 Å². The average Bonchev–Trinajstić information content (AvgIpc) is 2.04. The molecule has 114 valence electrons. The summed E-state index contributed by atoms with van der Waals surface area (Å²) < 4.78 is 0. The van der Waals surface area contributed by atoms with Crippen LogP contribution >= 0.6 is 0 Å². The Morgan fingerprint density at radius 1 is 0.684 bits per heavy atom. The van der Waals surface area contributed by atoms with Crippen molar-refractivity contribution in [3.05, 3.63) is 35.4 Å². The Balaban J connectivity index is -0.0000000411. The van der Waals surface area contributed by atoms with Crippen molar-refractivity contribution in [3.8, 4) is 0 Å². The van der Waals surface area contributed by atoms with E-state index in [1.807, 2.05) is 0 Å². The molecule has 0 fully saturated rings.